The molecule has 0 bridgehead atoms. The van der Waals surface area contributed by atoms with Crippen molar-refractivity contribution in [2.24, 2.45) is 0 Å². The number of sulfonamides is 1. The van der Waals surface area contributed by atoms with Gasteiger partial charge in [0.1, 0.15) is 11.6 Å². The van der Waals surface area contributed by atoms with Gasteiger partial charge in [-0.15, -0.1) is 0 Å². The SMILES string of the molecule is COc1ccccc1Cc1noc(C2CN(S(=O)(=O)c3ccc(F)c(Cl)c3)C2)n1. The fourth-order valence-electron chi connectivity index (χ4n) is 3.10. The maximum absolute atomic E-state index is 13.3. The fourth-order valence-corrected chi connectivity index (χ4v) is 4.90. The Balaban J connectivity index is 1.43. The van der Waals surface area contributed by atoms with Crippen molar-refractivity contribution in [1.29, 1.82) is 0 Å². The Hall–Kier alpha value is -2.49. The molecule has 0 amide bonds. The molecule has 152 valence electrons. The monoisotopic (exact) mass is 437 g/mol. The molecule has 2 aromatic carbocycles. The number of methoxy groups -OCH3 is 1. The van der Waals surface area contributed by atoms with Gasteiger partial charge in [0.2, 0.25) is 15.9 Å². The van der Waals surface area contributed by atoms with Gasteiger partial charge in [-0.05, 0) is 24.3 Å². The molecular formula is C19H17ClFN3O4S. The lowest BCUT2D eigenvalue weighted by atomic mass is 10.0. The van der Waals surface area contributed by atoms with Crippen LogP contribution in [0.3, 0.4) is 0 Å². The summed E-state index contributed by atoms with van der Waals surface area (Å²) in [6.07, 6.45) is 0.441. The highest BCUT2D eigenvalue weighted by molar-refractivity contribution is 7.89. The van der Waals surface area contributed by atoms with Crippen LogP contribution in [-0.2, 0) is 16.4 Å². The topological polar surface area (TPSA) is 85.5 Å². The zero-order chi connectivity index (χ0) is 20.6. The van der Waals surface area contributed by atoms with Crippen LogP contribution in [0.25, 0.3) is 0 Å². The second-order valence-corrected chi connectivity index (χ2v) is 8.98. The van der Waals surface area contributed by atoms with Crippen LogP contribution in [-0.4, -0.2) is 43.1 Å². The minimum Gasteiger partial charge on any atom is -0.496 e. The Bertz CT molecular complexity index is 1150. The number of benzene rings is 2. The molecule has 0 radical (unpaired) electrons. The summed E-state index contributed by atoms with van der Waals surface area (Å²) in [5.74, 6) is 0.757. The van der Waals surface area contributed by atoms with Gasteiger partial charge in [-0.1, -0.05) is 35.0 Å². The van der Waals surface area contributed by atoms with Crippen LogP contribution >= 0.6 is 11.6 Å². The molecule has 1 fully saturated rings. The second-order valence-electron chi connectivity index (χ2n) is 6.63. The third kappa shape index (κ3) is 3.85. The van der Waals surface area contributed by atoms with Crippen LogP contribution in [0.2, 0.25) is 5.02 Å². The predicted octanol–water partition coefficient (Wildman–Crippen LogP) is 3.25. The Morgan fingerprint density at radius 3 is 2.76 bits per heavy atom. The van der Waals surface area contributed by atoms with E-state index in [1.54, 1.807) is 7.11 Å². The molecule has 1 aromatic heterocycles. The van der Waals surface area contributed by atoms with Gasteiger partial charge in [0.05, 0.1) is 22.9 Å². The number of aromatic nitrogens is 2. The lowest BCUT2D eigenvalue weighted by molar-refractivity contribution is 0.216. The van der Waals surface area contributed by atoms with Crippen molar-refractivity contribution in [2.45, 2.75) is 17.2 Å². The van der Waals surface area contributed by atoms with Crippen LogP contribution in [0.1, 0.15) is 23.2 Å². The van der Waals surface area contributed by atoms with E-state index in [2.05, 4.69) is 10.1 Å². The summed E-state index contributed by atoms with van der Waals surface area (Å²) in [4.78, 5) is 4.34. The van der Waals surface area contributed by atoms with Crippen molar-refractivity contribution in [3.8, 4) is 5.75 Å². The lowest BCUT2D eigenvalue weighted by Crippen LogP contribution is -2.48. The van der Waals surface area contributed by atoms with E-state index < -0.39 is 15.8 Å². The van der Waals surface area contributed by atoms with Crippen LogP contribution in [0.4, 0.5) is 4.39 Å². The normalized spacial score (nSPS) is 15.3. The van der Waals surface area contributed by atoms with E-state index in [1.165, 1.54) is 10.4 Å². The van der Waals surface area contributed by atoms with Gasteiger partial charge in [-0.3, -0.25) is 0 Å². The number of halogens is 2. The summed E-state index contributed by atoms with van der Waals surface area (Å²) in [5.41, 5.74) is 0.924. The summed E-state index contributed by atoms with van der Waals surface area (Å²) >= 11 is 5.70. The molecule has 1 aliphatic heterocycles. The summed E-state index contributed by atoms with van der Waals surface area (Å²) in [6.45, 7) is 0.404. The minimum atomic E-state index is -3.76. The molecule has 0 unspecified atom stereocenters. The predicted molar refractivity (Wildman–Crippen MR) is 103 cm³/mol. The van der Waals surface area contributed by atoms with Crippen LogP contribution in [0.5, 0.6) is 5.75 Å². The fraction of sp³-hybridized carbons (Fsp3) is 0.263. The Kier molecular flexibility index (Phi) is 5.28. The first-order valence-electron chi connectivity index (χ1n) is 8.78. The molecule has 1 saturated heterocycles. The Labute approximate surface area is 172 Å². The molecule has 7 nitrogen and oxygen atoms in total. The van der Waals surface area contributed by atoms with Crippen LogP contribution < -0.4 is 4.74 Å². The quantitative estimate of drug-likeness (QED) is 0.588. The van der Waals surface area contributed by atoms with Gasteiger partial charge in [0.15, 0.2) is 5.82 Å². The highest BCUT2D eigenvalue weighted by Gasteiger charge is 2.40. The summed E-state index contributed by atoms with van der Waals surface area (Å²) in [6, 6.07) is 10.9. The molecule has 0 spiro atoms. The molecule has 0 aliphatic carbocycles. The Morgan fingerprint density at radius 1 is 1.28 bits per heavy atom. The smallest absolute Gasteiger partial charge is 0.243 e. The minimum absolute atomic E-state index is 0.0512. The van der Waals surface area contributed by atoms with Gasteiger partial charge < -0.3 is 9.26 Å². The molecule has 0 saturated carbocycles. The maximum atomic E-state index is 13.3. The van der Waals surface area contributed by atoms with Gasteiger partial charge in [0, 0.05) is 25.1 Å². The summed E-state index contributed by atoms with van der Waals surface area (Å²) in [5, 5.41) is 3.75. The van der Waals surface area contributed by atoms with Crippen molar-refractivity contribution >= 4 is 21.6 Å². The van der Waals surface area contributed by atoms with Crippen LogP contribution in [0.15, 0.2) is 51.9 Å². The highest BCUT2D eigenvalue weighted by Crippen LogP contribution is 2.32. The number of ether oxygens (including phenoxy) is 1. The van der Waals surface area contributed by atoms with E-state index >= 15 is 0 Å². The zero-order valence-electron chi connectivity index (χ0n) is 15.4. The molecule has 0 atom stereocenters. The van der Waals surface area contributed by atoms with Gasteiger partial charge in [-0.2, -0.15) is 9.29 Å². The van der Waals surface area contributed by atoms with Crippen molar-refractivity contribution in [3.63, 3.8) is 0 Å². The number of nitrogens with zero attached hydrogens (tertiary/aromatic N) is 3. The van der Waals surface area contributed by atoms with Gasteiger partial charge >= 0.3 is 0 Å². The van der Waals surface area contributed by atoms with E-state index in [0.717, 1.165) is 23.4 Å². The van der Waals surface area contributed by atoms with E-state index in [4.69, 9.17) is 20.9 Å². The van der Waals surface area contributed by atoms with E-state index in [9.17, 15) is 12.8 Å². The molecule has 2 heterocycles. The Morgan fingerprint density at radius 2 is 2.03 bits per heavy atom. The third-order valence-electron chi connectivity index (χ3n) is 4.75. The van der Waals surface area contributed by atoms with Gasteiger partial charge in [0.25, 0.3) is 0 Å². The number of rotatable bonds is 6. The lowest BCUT2D eigenvalue weighted by Gasteiger charge is -2.35. The average molecular weight is 438 g/mol. The molecule has 10 heteroatoms. The third-order valence-corrected chi connectivity index (χ3v) is 6.87. The maximum Gasteiger partial charge on any atom is 0.243 e. The standard InChI is InChI=1S/C19H17ClFN3O4S/c1-27-17-5-3-2-4-12(17)8-18-22-19(28-23-18)13-10-24(11-13)29(25,26)14-6-7-16(21)15(20)9-14/h2-7,9,13H,8,10-11H2,1H3. The van der Waals surface area contributed by atoms with Crippen molar-refractivity contribution in [2.75, 3.05) is 20.2 Å². The molecule has 1 aliphatic rings. The molecule has 29 heavy (non-hydrogen) atoms. The highest BCUT2D eigenvalue weighted by atomic mass is 35.5. The first-order valence-corrected chi connectivity index (χ1v) is 10.6. The van der Waals surface area contributed by atoms with Crippen LogP contribution in [0, 0.1) is 5.82 Å². The summed E-state index contributed by atoms with van der Waals surface area (Å²) in [7, 11) is -2.16. The van der Waals surface area contributed by atoms with Crippen molar-refractivity contribution in [1.82, 2.24) is 14.4 Å². The largest absolute Gasteiger partial charge is 0.496 e. The first-order chi connectivity index (χ1) is 13.9. The number of hydrogen-bond donors (Lipinski definition) is 0. The van der Waals surface area contributed by atoms with Gasteiger partial charge in [-0.25, -0.2) is 12.8 Å². The van der Waals surface area contributed by atoms with E-state index in [0.29, 0.717) is 18.1 Å². The van der Waals surface area contributed by atoms with Crippen molar-refractivity contribution in [3.05, 3.63) is 70.6 Å². The molecule has 3 aromatic rings. The van der Waals surface area contributed by atoms with E-state index in [-0.39, 0.29) is 28.9 Å². The zero-order valence-corrected chi connectivity index (χ0v) is 17.0. The second kappa shape index (κ2) is 7.74. The van der Waals surface area contributed by atoms with E-state index in [1.807, 2.05) is 24.3 Å². The summed E-state index contributed by atoms with van der Waals surface area (Å²) < 4.78 is 50.5. The number of hydrogen-bond acceptors (Lipinski definition) is 6. The molecule has 0 N–H and O–H groups in total. The average Bonchev–Trinajstić information content (AvgIpc) is 3.10. The number of para-hydroxylation sites is 1. The first kappa shape index (κ1) is 19.8. The molecular weight excluding hydrogens is 421 g/mol. The van der Waals surface area contributed by atoms with Crippen molar-refractivity contribution < 1.29 is 22.1 Å². The molecule has 4 rings (SSSR count).